The van der Waals surface area contributed by atoms with Crippen molar-refractivity contribution in [1.82, 2.24) is 5.32 Å². The SMILES string of the molecule is COc1ccc(NC(=O)NC2CCC(C(=O)O)CC2)c(C)c1. The number of carboxylic acid groups (broad SMARTS) is 1. The Balaban J connectivity index is 1.85. The first-order valence-electron chi connectivity index (χ1n) is 7.44. The van der Waals surface area contributed by atoms with E-state index in [0.717, 1.165) is 17.0 Å². The Kier molecular flexibility index (Phi) is 5.25. The summed E-state index contributed by atoms with van der Waals surface area (Å²) in [6.45, 7) is 1.90. The summed E-state index contributed by atoms with van der Waals surface area (Å²) in [5.41, 5.74) is 1.65. The molecular weight excluding hydrogens is 284 g/mol. The highest BCUT2D eigenvalue weighted by molar-refractivity contribution is 5.90. The van der Waals surface area contributed by atoms with E-state index in [0.29, 0.717) is 25.7 Å². The van der Waals surface area contributed by atoms with E-state index in [4.69, 9.17) is 9.84 Å². The lowest BCUT2D eigenvalue weighted by Crippen LogP contribution is -2.41. The van der Waals surface area contributed by atoms with Gasteiger partial charge in [-0.2, -0.15) is 0 Å². The van der Waals surface area contributed by atoms with Gasteiger partial charge in [-0.1, -0.05) is 0 Å². The molecule has 0 saturated heterocycles. The minimum Gasteiger partial charge on any atom is -0.497 e. The van der Waals surface area contributed by atoms with Crippen molar-refractivity contribution in [3.05, 3.63) is 23.8 Å². The number of hydrogen-bond acceptors (Lipinski definition) is 3. The molecule has 1 aromatic carbocycles. The van der Waals surface area contributed by atoms with Gasteiger partial charge in [0.25, 0.3) is 0 Å². The smallest absolute Gasteiger partial charge is 0.319 e. The highest BCUT2D eigenvalue weighted by Gasteiger charge is 2.26. The summed E-state index contributed by atoms with van der Waals surface area (Å²) in [5.74, 6) is -0.267. The third-order valence-electron chi connectivity index (χ3n) is 4.09. The number of aryl methyl sites for hydroxylation is 1. The first kappa shape index (κ1) is 16.1. The second kappa shape index (κ2) is 7.15. The number of benzene rings is 1. The largest absolute Gasteiger partial charge is 0.497 e. The van der Waals surface area contributed by atoms with Crippen molar-refractivity contribution in [1.29, 1.82) is 0 Å². The number of ether oxygens (including phenoxy) is 1. The van der Waals surface area contributed by atoms with E-state index in [1.165, 1.54) is 0 Å². The maximum absolute atomic E-state index is 12.0. The van der Waals surface area contributed by atoms with Crippen LogP contribution in [-0.2, 0) is 4.79 Å². The zero-order chi connectivity index (χ0) is 16.1. The topological polar surface area (TPSA) is 87.7 Å². The lowest BCUT2D eigenvalue weighted by Gasteiger charge is -2.27. The van der Waals surface area contributed by atoms with Gasteiger partial charge in [0.05, 0.1) is 13.0 Å². The van der Waals surface area contributed by atoms with Crippen molar-refractivity contribution in [2.75, 3.05) is 12.4 Å². The molecule has 6 heteroatoms. The van der Waals surface area contributed by atoms with Crippen LogP contribution >= 0.6 is 0 Å². The average Bonchev–Trinajstić information content (AvgIpc) is 2.49. The molecule has 2 amide bonds. The van der Waals surface area contributed by atoms with E-state index in [-0.39, 0.29) is 18.0 Å². The molecule has 0 unspecified atom stereocenters. The molecule has 0 radical (unpaired) electrons. The van der Waals surface area contributed by atoms with E-state index in [1.54, 1.807) is 19.2 Å². The fraction of sp³-hybridized carbons (Fsp3) is 0.500. The van der Waals surface area contributed by atoms with E-state index in [9.17, 15) is 9.59 Å². The van der Waals surface area contributed by atoms with Crippen molar-refractivity contribution in [2.24, 2.45) is 5.92 Å². The lowest BCUT2D eigenvalue weighted by molar-refractivity contribution is -0.142. The van der Waals surface area contributed by atoms with Crippen LogP contribution in [0.2, 0.25) is 0 Å². The zero-order valence-electron chi connectivity index (χ0n) is 12.9. The second-order valence-electron chi connectivity index (χ2n) is 5.67. The van der Waals surface area contributed by atoms with Crippen LogP contribution < -0.4 is 15.4 Å². The van der Waals surface area contributed by atoms with Crippen molar-refractivity contribution < 1.29 is 19.4 Å². The Morgan fingerprint density at radius 3 is 2.45 bits per heavy atom. The Hall–Kier alpha value is -2.24. The summed E-state index contributed by atoms with van der Waals surface area (Å²) >= 11 is 0. The fourth-order valence-corrected chi connectivity index (χ4v) is 2.73. The predicted molar refractivity (Wildman–Crippen MR) is 83.3 cm³/mol. The summed E-state index contributed by atoms with van der Waals surface area (Å²) in [4.78, 5) is 22.9. The maximum atomic E-state index is 12.0. The van der Waals surface area contributed by atoms with E-state index in [1.807, 2.05) is 13.0 Å². The predicted octanol–water partition coefficient (Wildman–Crippen LogP) is 2.77. The van der Waals surface area contributed by atoms with Crippen molar-refractivity contribution in [3.63, 3.8) is 0 Å². The average molecular weight is 306 g/mol. The molecule has 0 aliphatic heterocycles. The highest BCUT2D eigenvalue weighted by Crippen LogP contribution is 2.25. The molecule has 120 valence electrons. The van der Waals surface area contributed by atoms with Gasteiger partial charge in [-0.15, -0.1) is 0 Å². The summed E-state index contributed by atoms with van der Waals surface area (Å²) in [7, 11) is 1.60. The minimum atomic E-state index is -0.739. The van der Waals surface area contributed by atoms with Gasteiger partial charge in [-0.25, -0.2) is 4.79 Å². The molecule has 3 N–H and O–H groups in total. The summed E-state index contributed by atoms with van der Waals surface area (Å²) in [5, 5.41) is 14.7. The van der Waals surface area contributed by atoms with Gasteiger partial charge in [0.15, 0.2) is 0 Å². The van der Waals surface area contributed by atoms with Crippen molar-refractivity contribution in [2.45, 2.75) is 38.6 Å². The molecule has 0 atom stereocenters. The van der Waals surface area contributed by atoms with Crippen molar-refractivity contribution in [3.8, 4) is 5.75 Å². The third-order valence-corrected chi connectivity index (χ3v) is 4.09. The number of anilines is 1. The highest BCUT2D eigenvalue weighted by atomic mass is 16.5. The van der Waals surface area contributed by atoms with E-state index < -0.39 is 5.97 Å². The zero-order valence-corrected chi connectivity index (χ0v) is 12.9. The molecule has 1 saturated carbocycles. The van der Waals surface area contributed by atoms with Crippen LogP contribution in [-0.4, -0.2) is 30.3 Å². The summed E-state index contributed by atoms with van der Waals surface area (Å²) in [6, 6.07) is 5.23. The maximum Gasteiger partial charge on any atom is 0.319 e. The molecule has 1 aromatic rings. The molecule has 1 aliphatic rings. The molecular formula is C16H22N2O4. The van der Waals surface area contributed by atoms with Gasteiger partial charge >= 0.3 is 12.0 Å². The Labute approximate surface area is 129 Å². The number of urea groups is 1. The van der Waals surface area contributed by atoms with Crippen LogP contribution in [0.15, 0.2) is 18.2 Å². The molecule has 0 aromatic heterocycles. The van der Waals surface area contributed by atoms with Gasteiger partial charge in [0, 0.05) is 11.7 Å². The van der Waals surface area contributed by atoms with Crippen LogP contribution in [0.5, 0.6) is 5.75 Å². The quantitative estimate of drug-likeness (QED) is 0.798. The van der Waals surface area contributed by atoms with Crippen LogP contribution in [0.3, 0.4) is 0 Å². The third kappa shape index (κ3) is 4.13. The standard InChI is InChI=1S/C16H22N2O4/c1-10-9-13(22-2)7-8-14(10)18-16(21)17-12-5-3-11(4-6-12)15(19)20/h7-9,11-12H,3-6H2,1-2H3,(H,19,20)(H2,17,18,21). The number of rotatable bonds is 4. The van der Waals surface area contributed by atoms with E-state index in [2.05, 4.69) is 10.6 Å². The minimum absolute atomic E-state index is 0.0363. The second-order valence-corrected chi connectivity index (χ2v) is 5.67. The summed E-state index contributed by atoms with van der Waals surface area (Å²) in [6.07, 6.45) is 2.63. The van der Waals surface area contributed by atoms with Gasteiger partial charge in [-0.05, 0) is 56.4 Å². The molecule has 1 fully saturated rings. The first-order chi connectivity index (χ1) is 10.5. The molecule has 6 nitrogen and oxygen atoms in total. The van der Waals surface area contributed by atoms with Gasteiger partial charge in [-0.3, -0.25) is 4.79 Å². The van der Waals surface area contributed by atoms with E-state index >= 15 is 0 Å². The first-order valence-corrected chi connectivity index (χ1v) is 7.44. The van der Waals surface area contributed by atoms with Gasteiger partial charge < -0.3 is 20.5 Å². The molecule has 0 heterocycles. The lowest BCUT2D eigenvalue weighted by atomic mass is 9.86. The van der Waals surface area contributed by atoms with Gasteiger partial charge in [0.2, 0.25) is 0 Å². The Bertz CT molecular complexity index is 551. The Morgan fingerprint density at radius 2 is 1.91 bits per heavy atom. The number of carboxylic acids is 1. The summed E-state index contributed by atoms with van der Waals surface area (Å²) < 4.78 is 5.13. The molecule has 2 rings (SSSR count). The number of amides is 2. The van der Waals surface area contributed by atoms with Crippen LogP contribution in [0.25, 0.3) is 0 Å². The van der Waals surface area contributed by atoms with Crippen LogP contribution in [0.4, 0.5) is 10.5 Å². The van der Waals surface area contributed by atoms with Gasteiger partial charge in [0.1, 0.15) is 5.75 Å². The number of carbonyl (C=O) groups excluding carboxylic acids is 1. The molecule has 22 heavy (non-hydrogen) atoms. The number of aliphatic carboxylic acids is 1. The number of methoxy groups -OCH3 is 1. The normalized spacial score (nSPS) is 21.0. The monoisotopic (exact) mass is 306 g/mol. The van der Waals surface area contributed by atoms with Crippen LogP contribution in [0, 0.1) is 12.8 Å². The molecule has 0 spiro atoms. The molecule has 0 bridgehead atoms. The Morgan fingerprint density at radius 1 is 1.23 bits per heavy atom. The van der Waals surface area contributed by atoms with Crippen molar-refractivity contribution >= 4 is 17.7 Å². The molecule has 1 aliphatic carbocycles. The number of hydrogen-bond donors (Lipinski definition) is 3. The number of carbonyl (C=O) groups is 2. The fourth-order valence-electron chi connectivity index (χ4n) is 2.73. The number of nitrogens with one attached hydrogen (secondary N) is 2. The van der Waals surface area contributed by atoms with Crippen LogP contribution in [0.1, 0.15) is 31.2 Å².